The van der Waals surface area contributed by atoms with Gasteiger partial charge in [-0.05, 0) is 19.3 Å². The molecule has 1 aromatic heterocycles. The summed E-state index contributed by atoms with van der Waals surface area (Å²) in [6, 6.07) is 0. The van der Waals surface area contributed by atoms with Crippen LogP contribution in [0.4, 0.5) is 0 Å². The van der Waals surface area contributed by atoms with Gasteiger partial charge < -0.3 is 5.73 Å². The zero-order valence-electron chi connectivity index (χ0n) is 8.75. The highest BCUT2D eigenvalue weighted by Crippen LogP contribution is 2.43. The highest BCUT2D eigenvalue weighted by molar-refractivity contribution is 7.09. The van der Waals surface area contributed by atoms with Gasteiger partial charge in [-0.15, -0.1) is 11.3 Å². The predicted molar refractivity (Wildman–Crippen MR) is 60.7 cm³/mol. The number of thiazole rings is 1. The minimum absolute atomic E-state index is 0.261. The van der Waals surface area contributed by atoms with Crippen molar-refractivity contribution in [3.05, 3.63) is 16.1 Å². The molecule has 0 aromatic carbocycles. The second-order valence-corrected chi connectivity index (χ2v) is 5.09. The number of aromatic nitrogens is 1. The third kappa shape index (κ3) is 1.59. The first-order chi connectivity index (χ1) is 6.80. The lowest BCUT2D eigenvalue weighted by Crippen LogP contribution is -2.41. The summed E-state index contributed by atoms with van der Waals surface area (Å²) in [7, 11) is 0. The van der Waals surface area contributed by atoms with E-state index in [1.807, 2.05) is 0 Å². The number of hydrogen-bond acceptors (Lipinski definition) is 3. The van der Waals surface area contributed by atoms with Gasteiger partial charge in [0, 0.05) is 17.3 Å². The molecule has 2 N–H and O–H groups in total. The van der Waals surface area contributed by atoms with E-state index < -0.39 is 0 Å². The van der Waals surface area contributed by atoms with Gasteiger partial charge in [0.15, 0.2) is 0 Å². The van der Waals surface area contributed by atoms with Gasteiger partial charge in [-0.3, -0.25) is 0 Å². The van der Waals surface area contributed by atoms with Crippen LogP contribution >= 0.6 is 11.3 Å². The Kier molecular flexibility index (Phi) is 2.88. The summed E-state index contributed by atoms with van der Waals surface area (Å²) in [5.74, 6) is 0. The quantitative estimate of drug-likeness (QED) is 0.829. The van der Waals surface area contributed by atoms with Crippen molar-refractivity contribution < 1.29 is 0 Å². The number of aryl methyl sites for hydroxylation is 1. The molecule has 1 aliphatic rings. The highest BCUT2D eigenvalue weighted by atomic mass is 32.1. The molecule has 0 bridgehead atoms. The van der Waals surface area contributed by atoms with Crippen molar-refractivity contribution in [2.75, 3.05) is 6.54 Å². The molecule has 0 radical (unpaired) electrons. The summed E-state index contributed by atoms with van der Waals surface area (Å²) in [6.07, 6.45) is 6.08. The molecule has 2 nitrogen and oxygen atoms in total. The van der Waals surface area contributed by atoms with Gasteiger partial charge in [0.05, 0.1) is 5.69 Å². The lowest BCUT2D eigenvalue weighted by molar-refractivity contribution is 0.252. The van der Waals surface area contributed by atoms with Gasteiger partial charge in [-0.1, -0.05) is 19.8 Å². The first-order valence-electron chi connectivity index (χ1n) is 5.46. The summed E-state index contributed by atoms with van der Waals surface area (Å²) in [4.78, 5) is 4.70. The van der Waals surface area contributed by atoms with Crippen molar-refractivity contribution in [3.63, 3.8) is 0 Å². The van der Waals surface area contributed by atoms with E-state index in [4.69, 9.17) is 10.7 Å². The van der Waals surface area contributed by atoms with Crippen molar-refractivity contribution in [1.29, 1.82) is 0 Å². The normalized spacial score (nSPS) is 19.3. The lowest BCUT2D eigenvalue weighted by atomic mass is 9.69. The Hall–Kier alpha value is -0.410. The van der Waals surface area contributed by atoms with Crippen LogP contribution in [0.5, 0.6) is 0 Å². The van der Waals surface area contributed by atoms with E-state index >= 15 is 0 Å². The fraction of sp³-hybridized carbons (Fsp3) is 0.727. The van der Waals surface area contributed by atoms with E-state index in [9.17, 15) is 0 Å². The number of hydrogen-bond donors (Lipinski definition) is 1. The van der Waals surface area contributed by atoms with Crippen LogP contribution in [-0.2, 0) is 11.8 Å². The summed E-state index contributed by atoms with van der Waals surface area (Å²) < 4.78 is 0. The molecular formula is C11H18N2S. The predicted octanol–water partition coefficient (Wildman–Crippen LogP) is 2.48. The monoisotopic (exact) mass is 210 g/mol. The molecule has 0 spiro atoms. The maximum absolute atomic E-state index is 5.85. The SMILES string of the molecule is CCCc1csc(C2(CN)CCC2)n1. The van der Waals surface area contributed by atoms with E-state index in [1.165, 1.54) is 36.4 Å². The number of nitrogens with zero attached hydrogens (tertiary/aromatic N) is 1. The minimum Gasteiger partial charge on any atom is -0.329 e. The molecule has 14 heavy (non-hydrogen) atoms. The van der Waals surface area contributed by atoms with E-state index in [0.717, 1.165) is 13.0 Å². The van der Waals surface area contributed by atoms with Crippen LogP contribution in [0.25, 0.3) is 0 Å². The van der Waals surface area contributed by atoms with Crippen molar-refractivity contribution in [2.24, 2.45) is 5.73 Å². The Bertz CT molecular complexity index is 296. The first kappa shape index (κ1) is 10.1. The van der Waals surface area contributed by atoms with E-state index in [2.05, 4.69) is 12.3 Å². The summed E-state index contributed by atoms with van der Waals surface area (Å²) >= 11 is 1.81. The minimum atomic E-state index is 0.261. The average Bonchev–Trinajstić information content (AvgIpc) is 2.54. The molecule has 1 fully saturated rings. The molecule has 0 unspecified atom stereocenters. The summed E-state index contributed by atoms with van der Waals surface area (Å²) in [5.41, 5.74) is 7.37. The van der Waals surface area contributed by atoms with Crippen molar-refractivity contribution in [1.82, 2.24) is 4.98 Å². The topological polar surface area (TPSA) is 38.9 Å². The Morgan fingerprint density at radius 1 is 1.57 bits per heavy atom. The Balaban J connectivity index is 2.15. The van der Waals surface area contributed by atoms with Gasteiger partial charge in [0.25, 0.3) is 0 Å². The fourth-order valence-corrected chi connectivity index (χ4v) is 3.16. The Morgan fingerprint density at radius 3 is 2.86 bits per heavy atom. The molecule has 1 aliphatic carbocycles. The lowest BCUT2D eigenvalue weighted by Gasteiger charge is -2.38. The van der Waals surface area contributed by atoms with E-state index in [-0.39, 0.29) is 5.41 Å². The first-order valence-corrected chi connectivity index (χ1v) is 6.33. The third-order valence-electron chi connectivity index (χ3n) is 3.21. The molecule has 3 heteroatoms. The Labute approximate surface area is 89.5 Å². The van der Waals surface area contributed by atoms with Gasteiger partial charge in [-0.25, -0.2) is 4.98 Å². The molecule has 2 rings (SSSR count). The van der Waals surface area contributed by atoms with Crippen LogP contribution in [0.2, 0.25) is 0 Å². The van der Waals surface area contributed by atoms with Crippen LogP contribution in [-0.4, -0.2) is 11.5 Å². The molecular weight excluding hydrogens is 192 g/mol. The molecule has 0 amide bonds. The Morgan fingerprint density at radius 2 is 2.36 bits per heavy atom. The molecule has 1 heterocycles. The van der Waals surface area contributed by atoms with Crippen molar-refractivity contribution in [2.45, 2.75) is 44.4 Å². The zero-order chi connectivity index (χ0) is 10.0. The number of nitrogens with two attached hydrogens (primary N) is 1. The fourth-order valence-electron chi connectivity index (χ4n) is 2.03. The molecule has 0 atom stereocenters. The van der Waals surface area contributed by atoms with Crippen molar-refractivity contribution >= 4 is 11.3 Å². The van der Waals surface area contributed by atoms with Gasteiger partial charge in [0.1, 0.15) is 5.01 Å². The van der Waals surface area contributed by atoms with Gasteiger partial charge in [-0.2, -0.15) is 0 Å². The van der Waals surface area contributed by atoms with E-state index in [0.29, 0.717) is 0 Å². The number of rotatable bonds is 4. The molecule has 1 saturated carbocycles. The average molecular weight is 210 g/mol. The van der Waals surface area contributed by atoms with Crippen LogP contribution in [0.1, 0.15) is 43.3 Å². The maximum Gasteiger partial charge on any atom is 0.100 e. The van der Waals surface area contributed by atoms with Gasteiger partial charge in [0.2, 0.25) is 0 Å². The summed E-state index contributed by atoms with van der Waals surface area (Å²) in [6.45, 7) is 2.97. The van der Waals surface area contributed by atoms with Crippen LogP contribution in [0.3, 0.4) is 0 Å². The van der Waals surface area contributed by atoms with Crippen molar-refractivity contribution in [3.8, 4) is 0 Å². The molecule has 1 aromatic rings. The zero-order valence-corrected chi connectivity index (χ0v) is 9.57. The third-order valence-corrected chi connectivity index (χ3v) is 4.35. The largest absolute Gasteiger partial charge is 0.329 e. The maximum atomic E-state index is 5.85. The van der Waals surface area contributed by atoms with Crippen LogP contribution in [0.15, 0.2) is 5.38 Å². The summed E-state index contributed by atoms with van der Waals surface area (Å²) in [5, 5.41) is 3.49. The smallest absolute Gasteiger partial charge is 0.100 e. The second-order valence-electron chi connectivity index (χ2n) is 4.23. The van der Waals surface area contributed by atoms with E-state index in [1.54, 1.807) is 11.3 Å². The van der Waals surface area contributed by atoms with Gasteiger partial charge >= 0.3 is 0 Å². The van der Waals surface area contributed by atoms with Crippen LogP contribution in [0, 0.1) is 0 Å². The molecule has 0 saturated heterocycles. The second kappa shape index (κ2) is 3.99. The highest BCUT2D eigenvalue weighted by Gasteiger charge is 2.39. The molecule has 78 valence electrons. The molecule has 0 aliphatic heterocycles. The van der Waals surface area contributed by atoms with Crippen LogP contribution < -0.4 is 5.73 Å². The standard InChI is InChI=1S/C11H18N2S/c1-2-4-9-7-14-10(13-9)11(8-12)5-3-6-11/h7H,2-6,8,12H2,1H3.